The van der Waals surface area contributed by atoms with Gasteiger partial charge in [0.05, 0.1) is 48.2 Å². The molecular weight excluding hydrogens is 408 g/mol. The van der Waals surface area contributed by atoms with Crippen molar-refractivity contribution in [1.82, 2.24) is 9.97 Å². The van der Waals surface area contributed by atoms with E-state index in [0.29, 0.717) is 11.4 Å². The fourth-order valence-electron chi connectivity index (χ4n) is 4.32. The second-order valence-corrected chi connectivity index (χ2v) is 8.71. The van der Waals surface area contributed by atoms with E-state index in [-0.39, 0.29) is 30.4 Å². The lowest BCUT2D eigenvalue weighted by atomic mass is 10.2. The molecule has 2 aliphatic rings. The lowest BCUT2D eigenvalue weighted by Gasteiger charge is -2.36. The van der Waals surface area contributed by atoms with Gasteiger partial charge in [0.25, 0.3) is 0 Å². The third-order valence-corrected chi connectivity index (χ3v) is 5.50. The Labute approximate surface area is 189 Å². The smallest absolute Gasteiger partial charge is 0.323 e. The zero-order valence-corrected chi connectivity index (χ0v) is 19.1. The summed E-state index contributed by atoms with van der Waals surface area (Å²) in [5.41, 5.74) is 1.25. The molecule has 2 N–H and O–H groups in total. The van der Waals surface area contributed by atoms with Crippen molar-refractivity contribution in [2.24, 2.45) is 0 Å². The van der Waals surface area contributed by atoms with Crippen LogP contribution >= 0.6 is 0 Å². The molecule has 172 valence electrons. The maximum Gasteiger partial charge on any atom is 0.323 e. The van der Waals surface area contributed by atoms with E-state index in [9.17, 15) is 4.79 Å². The summed E-state index contributed by atoms with van der Waals surface area (Å²) in [6.45, 7) is 11.5. The van der Waals surface area contributed by atoms with E-state index in [1.807, 2.05) is 24.3 Å². The molecule has 2 amide bonds. The minimum Gasteiger partial charge on any atom is -0.372 e. The molecule has 2 saturated heterocycles. The average Bonchev–Trinajstić information content (AvgIpc) is 2.73. The Morgan fingerprint density at radius 1 is 0.750 bits per heavy atom. The van der Waals surface area contributed by atoms with E-state index in [4.69, 9.17) is 9.47 Å². The van der Waals surface area contributed by atoms with Gasteiger partial charge in [0.2, 0.25) is 0 Å². The van der Waals surface area contributed by atoms with Gasteiger partial charge in [-0.1, -0.05) is 0 Å². The molecule has 9 nitrogen and oxygen atoms in total. The molecule has 4 rings (SSSR count). The standard InChI is InChI=1S/C23H32N6O3/c1-15-11-28(12-16(2)31-15)21-7-5-19(9-24-21)26-23(30)27-20-6-8-22(25-10-20)29-13-17(3)32-18(4)14-29/h5-10,15-18H,11-14H2,1-4H3,(H2,26,27,30)/t15-,16-,17-,18+/m0/s1. The van der Waals surface area contributed by atoms with Crippen LogP contribution in [0.3, 0.4) is 0 Å². The Balaban J connectivity index is 1.31. The second-order valence-electron chi connectivity index (χ2n) is 8.71. The molecule has 4 atom stereocenters. The Bertz CT molecular complexity index is 813. The molecular formula is C23H32N6O3. The maximum absolute atomic E-state index is 12.4. The van der Waals surface area contributed by atoms with Crippen LogP contribution in [0.5, 0.6) is 0 Å². The van der Waals surface area contributed by atoms with Crippen LogP contribution in [0.15, 0.2) is 36.7 Å². The van der Waals surface area contributed by atoms with Gasteiger partial charge in [0.15, 0.2) is 0 Å². The third kappa shape index (κ3) is 5.66. The van der Waals surface area contributed by atoms with Crippen LogP contribution in [0.4, 0.5) is 27.8 Å². The highest BCUT2D eigenvalue weighted by Crippen LogP contribution is 2.21. The molecule has 0 spiro atoms. The first kappa shape index (κ1) is 22.3. The van der Waals surface area contributed by atoms with Gasteiger partial charge in [0.1, 0.15) is 11.6 Å². The van der Waals surface area contributed by atoms with Crippen LogP contribution in [0.1, 0.15) is 27.7 Å². The molecule has 4 heterocycles. The highest BCUT2D eigenvalue weighted by molar-refractivity contribution is 5.99. The Morgan fingerprint density at radius 2 is 1.12 bits per heavy atom. The fraction of sp³-hybridized carbons (Fsp3) is 0.522. The van der Waals surface area contributed by atoms with Crippen LogP contribution in [0.2, 0.25) is 0 Å². The maximum atomic E-state index is 12.4. The van der Waals surface area contributed by atoms with Gasteiger partial charge >= 0.3 is 6.03 Å². The van der Waals surface area contributed by atoms with Crippen molar-refractivity contribution in [1.29, 1.82) is 0 Å². The summed E-state index contributed by atoms with van der Waals surface area (Å²) in [6.07, 6.45) is 4.00. The van der Waals surface area contributed by atoms with E-state index >= 15 is 0 Å². The van der Waals surface area contributed by atoms with Gasteiger partial charge in [0, 0.05) is 26.2 Å². The number of hydrogen-bond acceptors (Lipinski definition) is 7. The van der Waals surface area contributed by atoms with E-state index in [2.05, 4.69) is 58.1 Å². The number of nitrogens with one attached hydrogen (secondary N) is 2. The highest BCUT2D eigenvalue weighted by Gasteiger charge is 2.24. The molecule has 0 saturated carbocycles. The number of rotatable bonds is 4. The predicted molar refractivity (Wildman–Crippen MR) is 126 cm³/mol. The molecule has 2 aromatic heterocycles. The number of carbonyl (C=O) groups excluding carboxylic acids is 1. The largest absolute Gasteiger partial charge is 0.372 e. The van der Waals surface area contributed by atoms with Gasteiger partial charge in [-0.15, -0.1) is 0 Å². The number of anilines is 4. The zero-order valence-electron chi connectivity index (χ0n) is 19.1. The quantitative estimate of drug-likeness (QED) is 0.753. The van der Waals surface area contributed by atoms with Crippen molar-refractivity contribution in [2.45, 2.75) is 52.1 Å². The first-order valence-electron chi connectivity index (χ1n) is 11.2. The molecule has 0 unspecified atom stereocenters. The number of amides is 2. The van der Waals surface area contributed by atoms with Crippen molar-refractivity contribution >= 4 is 29.0 Å². The number of aromatic nitrogens is 2. The molecule has 2 fully saturated rings. The normalized spacial score (nSPS) is 26.0. The van der Waals surface area contributed by atoms with Crippen molar-refractivity contribution in [2.75, 3.05) is 46.6 Å². The van der Waals surface area contributed by atoms with Gasteiger partial charge in [-0.05, 0) is 52.0 Å². The van der Waals surface area contributed by atoms with E-state index in [0.717, 1.165) is 37.8 Å². The summed E-state index contributed by atoms with van der Waals surface area (Å²) >= 11 is 0. The molecule has 0 aromatic carbocycles. The second kappa shape index (κ2) is 9.70. The minimum atomic E-state index is -0.337. The monoisotopic (exact) mass is 440 g/mol. The SMILES string of the molecule is C[C@@H]1CN(c2ccc(NC(=O)Nc3ccc(N4C[C@H](C)O[C@@H](C)C4)nc3)cn2)C[C@H](C)O1. The van der Waals surface area contributed by atoms with E-state index in [1.54, 1.807) is 12.4 Å². The van der Waals surface area contributed by atoms with E-state index < -0.39 is 0 Å². The Hall–Kier alpha value is -2.91. The summed E-state index contributed by atoms with van der Waals surface area (Å²) in [4.78, 5) is 25.8. The molecule has 2 aromatic rings. The topological polar surface area (TPSA) is 91.9 Å². The van der Waals surface area contributed by atoms with Crippen LogP contribution in [0, 0.1) is 0 Å². The molecule has 0 aliphatic carbocycles. The lowest BCUT2D eigenvalue weighted by Crippen LogP contribution is -2.45. The van der Waals surface area contributed by atoms with Crippen molar-refractivity contribution in [3.63, 3.8) is 0 Å². The number of morpholine rings is 2. The third-order valence-electron chi connectivity index (χ3n) is 5.50. The van der Waals surface area contributed by atoms with E-state index in [1.165, 1.54) is 0 Å². The molecule has 32 heavy (non-hydrogen) atoms. The number of pyridine rings is 2. The summed E-state index contributed by atoms with van der Waals surface area (Å²) in [6, 6.07) is 7.21. The van der Waals surface area contributed by atoms with Gasteiger partial charge in [-0.25, -0.2) is 14.8 Å². The summed E-state index contributed by atoms with van der Waals surface area (Å²) in [5, 5.41) is 5.63. The van der Waals surface area contributed by atoms with Crippen molar-refractivity contribution < 1.29 is 14.3 Å². The van der Waals surface area contributed by atoms with Crippen LogP contribution in [-0.4, -0.2) is 66.6 Å². The number of ether oxygens (including phenoxy) is 2. The van der Waals surface area contributed by atoms with Crippen LogP contribution in [-0.2, 0) is 9.47 Å². The van der Waals surface area contributed by atoms with Crippen LogP contribution < -0.4 is 20.4 Å². The number of urea groups is 1. The van der Waals surface area contributed by atoms with Gasteiger partial charge < -0.3 is 29.9 Å². The Kier molecular flexibility index (Phi) is 6.76. The molecule has 9 heteroatoms. The number of carbonyl (C=O) groups is 1. The Morgan fingerprint density at radius 3 is 1.44 bits per heavy atom. The molecule has 0 bridgehead atoms. The number of hydrogen-bond donors (Lipinski definition) is 2. The summed E-state index contributed by atoms with van der Waals surface area (Å²) < 4.78 is 11.5. The highest BCUT2D eigenvalue weighted by atomic mass is 16.5. The van der Waals surface area contributed by atoms with Gasteiger partial charge in [-0.2, -0.15) is 0 Å². The lowest BCUT2D eigenvalue weighted by molar-refractivity contribution is -0.00572. The van der Waals surface area contributed by atoms with Crippen LogP contribution in [0.25, 0.3) is 0 Å². The zero-order chi connectivity index (χ0) is 22.7. The average molecular weight is 441 g/mol. The van der Waals surface area contributed by atoms with Crippen molar-refractivity contribution in [3.05, 3.63) is 36.7 Å². The molecule has 0 radical (unpaired) electrons. The van der Waals surface area contributed by atoms with Crippen molar-refractivity contribution in [3.8, 4) is 0 Å². The first-order chi connectivity index (χ1) is 15.4. The van der Waals surface area contributed by atoms with Gasteiger partial charge in [-0.3, -0.25) is 0 Å². The minimum absolute atomic E-state index is 0.166. The first-order valence-corrected chi connectivity index (χ1v) is 11.2. The predicted octanol–water partition coefficient (Wildman–Crippen LogP) is 3.35. The summed E-state index contributed by atoms with van der Waals surface area (Å²) in [5.74, 6) is 1.76. The molecule has 2 aliphatic heterocycles. The fourth-order valence-corrected chi connectivity index (χ4v) is 4.32. The number of nitrogens with zero attached hydrogens (tertiary/aromatic N) is 4. The summed E-state index contributed by atoms with van der Waals surface area (Å²) in [7, 11) is 0.